The maximum Gasteiger partial charge on any atom is 0.277 e. The Morgan fingerprint density at radius 2 is 1.44 bits per heavy atom. The Morgan fingerprint density at radius 1 is 0.852 bits per heavy atom. The van der Waals surface area contributed by atoms with Crippen LogP contribution < -0.4 is 19.5 Å². The summed E-state index contributed by atoms with van der Waals surface area (Å²) in [6.07, 6.45) is 0. The quantitative estimate of drug-likeness (QED) is 0.790. The zero-order chi connectivity index (χ0) is 19.6. The van der Waals surface area contributed by atoms with E-state index in [1.165, 1.54) is 28.4 Å². The number of carbonyl (C=O) groups excluding carboxylic acids is 2. The molecule has 7 heteroatoms. The van der Waals surface area contributed by atoms with Crippen LogP contribution in [0.4, 0.5) is 5.69 Å². The van der Waals surface area contributed by atoms with Crippen molar-refractivity contribution in [3.8, 4) is 17.2 Å². The summed E-state index contributed by atoms with van der Waals surface area (Å²) in [5.74, 6) is 0.542. The number of benzene rings is 2. The summed E-state index contributed by atoms with van der Waals surface area (Å²) in [6.45, 7) is 0. The van der Waals surface area contributed by atoms with Gasteiger partial charge in [0.15, 0.2) is 11.5 Å². The van der Waals surface area contributed by atoms with E-state index in [2.05, 4.69) is 5.32 Å². The molecule has 1 aliphatic heterocycles. The molecule has 0 saturated carbocycles. The van der Waals surface area contributed by atoms with Gasteiger partial charge in [0.2, 0.25) is 5.75 Å². The normalized spacial score (nSPS) is 13.9. The first-order valence-electron chi connectivity index (χ1n) is 8.21. The highest BCUT2D eigenvalue weighted by molar-refractivity contribution is 6.36. The van der Waals surface area contributed by atoms with Crippen molar-refractivity contribution in [1.82, 2.24) is 4.90 Å². The standard InChI is InChI=1S/C20H20N2O5/c1-22-19(23)16(12-8-6-5-7-9-12)17(20(22)24)21-13-10-14(25-2)18(27-4)15(11-13)26-3/h5-11,21H,1-4H3. The van der Waals surface area contributed by atoms with E-state index in [0.29, 0.717) is 34.1 Å². The van der Waals surface area contributed by atoms with E-state index in [0.717, 1.165) is 4.90 Å². The molecular weight excluding hydrogens is 348 g/mol. The molecule has 0 radical (unpaired) electrons. The Balaban J connectivity index is 2.10. The Bertz CT molecular complexity index is 896. The van der Waals surface area contributed by atoms with Crippen LogP contribution in [-0.2, 0) is 9.59 Å². The second-order valence-electron chi connectivity index (χ2n) is 5.82. The van der Waals surface area contributed by atoms with Crippen molar-refractivity contribution >= 4 is 23.1 Å². The number of nitrogens with one attached hydrogen (secondary N) is 1. The Labute approximate surface area is 157 Å². The predicted molar refractivity (Wildman–Crippen MR) is 101 cm³/mol. The molecule has 140 valence electrons. The minimum Gasteiger partial charge on any atom is -0.493 e. The van der Waals surface area contributed by atoms with Crippen LogP contribution in [0.5, 0.6) is 17.2 Å². The third kappa shape index (κ3) is 3.19. The molecule has 1 aliphatic rings. The van der Waals surface area contributed by atoms with Crippen LogP contribution in [-0.4, -0.2) is 45.1 Å². The Morgan fingerprint density at radius 3 is 1.96 bits per heavy atom. The van der Waals surface area contributed by atoms with E-state index in [1.54, 1.807) is 24.3 Å². The molecule has 0 atom stereocenters. The number of ether oxygens (including phenoxy) is 3. The lowest BCUT2D eigenvalue weighted by molar-refractivity contribution is -0.135. The van der Waals surface area contributed by atoms with E-state index >= 15 is 0 Å². The SMILES string of the molecule is COc1cc(NC2=C(c3ccccc3)C(=O)N(C)C2=O)cc(OC)c1OC. The minimum absolute atomic E-state index is 0.197. The summed E-state index contributed by atoms with van der Waals surface area (Å²) in [6, 6.07) is 12.4. The largest absolute Gasteiger partial charge is 0.493 e. The highest BCUT2D eigenvalue weighted by Crippen LogP contribution is 2.41. The van der Waals surface area contributed by atoms with Crippen LogP contribution in [0.1, 0.15) is 5.56 Å². The summed E-state index contributed by atoms with van der Waals surface area (Å²) in [7, 11) is 5.98. The van der Waals surface area contributed by atoms with Crippen molar-refractivity contribution in [3.63, 3.8) is 0 Å². The Hall–Kier alpha value is -3.48. The molecule has 0 fully saturated rings. The predicted octanol–water partition coefficient (Wildman–Crippen LogP) is 2.53. The first kappa shape index (κ1) is 18.3. The first-order valence-corrected chi connectivity index (χ1v) is 8.21. The average Bonchev–Trinajstić information content (AvgIpc) is 2.91. The molecule has 0 aromatic heterocycles. The van der Waals surface area contributed by atoms with Crippen molar-refractivity contribution in [1.29, 1.82) is 0 Å². The number of anilines is 1. The van der Waals surface area contributed by atoms with Gasteiger partial charge in [0.25, 0.3) is 11.8 Å². The fraction of sp³-hybridized carbons (Fsp3) is 0.200. The molecule has 0 saturated heterocycles. The fourth-order valence-corrected chi connectivity index (χ4v) is 2.93. The molecule has 0 aliphatic carbocycles. The van der Waals surface area contributed by atoms with Crippen LogP contribution in [0.25, 0.3) is 5.57 Å². The van der Waals surface area contributed by atoms with Gasteiger partial charge in [0.05, 0.1) is 26.9 Å². The van der Waals surface area contributed by atoms with Crippen LogP contribution in [0, 0.1) is 0 Å². The van der Waals surface area contributed by atoms with Gasteiger partial charge in [-0.3, -0.25) is 14.5 Å². The monoisotopic (exact) mass is 368 g/mol. The number of rotatable bonds is 6. The summed E-state index contributed by atoms with van der Waals surface area (Å²) >= 11 is 0. The summed E-state index contributed by atoms with van der Waals surface area (Å²) in [5, 5.41) is 3.05. The number of amides is 2. The second-order valence-corrected chi connectivity index (χ2v) is 5.82. The van der Waals surface area contributed by atoms with Gasteiger partial charge in [-0.25, -0.2) is 0 Å². The van der Waals surface area contributed by atoms with Gasteiger partial charge in [-0.05, 0) is 5.56 Å². The van der Waals surface area contributed by atoms with E-state index < -0.39 is 5.91 Å². The van der Waals surface area contributed by atoms with Crippen molar-refractivity contribution in [2.24, 2.45) is 0 Å². The molecule has 2 amide bonds. The number of hydrogen-bond acceptors (Lipinski definition) is 6. The van der Waals surface area contributed by atoms with Gasteiger partial charge in [0, 0.05) is 24.9 Å². The number of nitrogens with zero attached hydrogens (tertiary/aromatic N) is 1. The van der Waals surface area contributed by atoms with Gasteiger partial charge in [-0.15, -0.1) is 0 Å². The fourth-order valence-electron chi connectivity index (χ4n) is 2.93. The lowest BCUT2D eigenvalue weighted by Crippen LogP contribution is -2.27. The molecule has 0 bridgehead atoms. The average molecular weight is 368 g/mol. The van der Waals surface area contributed by atoms with Gasteiger partial charge in [0.1, 0.15) is 5.70 Å². The lowest BCUT2D eigenvalue weighted by atomic mass is 10.0. The van der Waals surface area contributed by atoms with Gasteiger partial charge in [-0.2, -0.15) is 0 Å². The topological polar surface area (TPSA) is 77.1 Å². The third-order valence-electron chi connectivity index (χ3n) is 4.28. The smallest absolute Gasteiger partial charge is 0.277 e. The van der Waals surface area contributed by atoms with Crippen molar-refractivity contribution in [3.05, 3.63) is 53.7 Å². The zero-order valence-electron chi connectivity index (χ0n) is 15.5. The number of hydrogen-bond donors (Lipinski definition) is 1. The molecule has 1 heterocycles. The number of carbonyl (C=O) groups is 2. The highest BCUT2D eigenvalue weighted by Gasteiger charge is 2.36. The first-order chi connectivity index (χ1) is 13.0. The second kappa shape index (κ2) is 7.41. The van der Waals surface area contributed by atoms with E-state index in [4.69, 9.17) is 14.2 Å². The molecule has 27 heavy (non-hydrogen) atoms. The Kier molecular flexibility index (Phi) is 5.03. The molecule has 1 N–H and O–H groups in total. The molecule has 0 spiro atoms. The zero-order valence-corrected chi connectivity index (χ0v) is 15.5. The molecule has 2 aromatic carbocycles. The van der Waals surface area contributed by atoms with Crippen LogP contribution in [0.15, 0.2) is 48.2 Å². The van der Waals surface area contributed by atoms with E-state index in [9.17, 15) is 9.59 Å². The number of methoxy groups -OCH3 is 3. The summed E-state index contributed by atoms with van der Waals surface area (Å²) in [5.41, 5.74) is 1.71. The minimum atomic E-state index is -0.410. The van der Waals surface area contributed by atoms with Gasteiger partial charge in [-0.1, -0.05) is 30.3 Å². The molecule has 2 aromatic rings. The van der Waals surface area contributed by atoms with Crippen LogP contribution in [0.2, 0.25) is 0 Å². The van der Waals surface area contributed by atoms with Crippen molar-refractivity contribution in [2.75, 3.05) is 33.7 Å². The number of imide groups is 1. The molecule has 3 rings (SSSR count). The maximum absolute atomic E-state index is 12.6. The lowest BCUT2D eigenvalue weighted by Gasteiger charge is -2.15. The van der Waals surface area contributed by atoms with Crippen LogP contribution in [0.3, 0.4) is 0 Å². The maximum atomic E-state index is 12.6. The number of likely N-dealkylation sites (N-methyl/N-ethyl adjacent to an activating group) is 1. The van der Waals surface area contributed by atoms with E-state index in [-0.39, 0.29) is 11.6 Å². The van der Waals surface area contributed by atoms with Crippen LogP contribution >= 0.6 is 0 Å². The summed E-state index contributed by atoms with van der Waals surface area (Å²) < 4.78 is 16.0. The molecule has 0 unspecified atom stereocenters. The van der Waals surface area contributed by atoms with Crippen molar-refractivity contribution in [2.45, 2.75) is 0 Å². The molecule has 7 nitrogen and oxygen atoms in total. The third-order valence-corrected chi connectivity index (χ3v) is 4.28. The van der Waals surface area contributed by atoms with Gasteiger partial charge < -0.3 is 19.5 Å². The molecular formula is C20H20N2O5. The van der Waals surface area contributed by atoms with Crippen molar-refractivity contribution < 1.29 is 23.8 Å². The highest BCUT2D eigenvalue weighted by atomic mass is 16.5. The van der Waals surface area contributed by atoms with Gasteiger partial charge >= 0.3 is 0 Å². The van der Waals surface area contributed by atoms with E-state index in [1.807, 2.05) is 18.2 Å². The summed E-state index contributed by atoms with van der Waals surface area (Å²) in [4.78, 5) is 26.3.